The van der Waals surface area contributed by atoms with Gasteiger partial charge in [0.05, 0.1) is 25.4 Å². The van der Waals surface area contributed by atoms with Crippen molar-refractivity contribution >= 4 is 28.8 Å². The molecule has 1 saturated heterocycles. The van der Waals surface area contributed by atoms with Gasteiger partial charge in [0.1, 0.15) is 11.2 Å². The summed E-state index contributed by atoms with van der Waals surface area (Å²) in [5, 5.41) is 1.00. The summed E-state index contributed by atoms with van der Waals surface area (Å²) in [5.74, 6) is 1.21. The summed E-state index contributed by atoms with van der Waals surface area (Å²) in [6.07, 6.45) is 1.73. The lowest BCUT2D eigenvalue weighted by Crippen LogP contribution is -2.48. The Labute approximate surface area is 262 Å². The van der Waals surface area contributed by atoms with E-state index in [4.69, 9.17) is 18.9 Å². The Morgan fingerprint density at radius 1 is 0.841 bits per heavy atom. The Balaban J connectivity index is 1.77. The van der Waals surface area contributed by atoms with Crippen molar-refractivity contribution in [1.29, 1.82) is 0 Å². The Hall–Kier alpha value is -3.88. The molecule has 9 nitrogen and oxygen atoms in total. The average Bonchev–Trinajstić information content (AvgIpc) is 3.29. The number of benzene rings is 2. The summed E-state index contributed by atoms with van der Waals surface area (Å²) in [7, 11) is 3.21. The van der Waals surface area contributed by atoms with Crippen LogP contribution in [0.5, 0.6) is 11.5 Å². The third-order valence-corrected chi connectivity index (χ3v) is 7.87. The molecular formula is C35H49N3O6. The van der Waals surface area contributed by atoms with Crippen LogP contribution in [0.2, 0.25) is 0 Å². The van der Waals surface area contributed by atoms with Crippen LogP contribution in [0.3, 0.4) is 0 Å². The van der Waals surface area contributed by atoms with Crippen molar-refractivity contribution in [2.24, 2.45) is 0 Å². The summed E-state index contributed by atoms with van der Waals surface area (Å²) >= 11 is 0. The SMILES string of the molecule is CCc1c(-c2ccc(OC)c(OC)c2)n(C(=O)OC(C)(C)C)c2ccc(N(CC)C3CCN(C(=O)OC(C)(C)C)CC3)cc12. The van der Waals surface area contributed by atoms with Crippen molar-refractivity contribution in [1.82, 2.24) is 9.47 Å². The minimum atomic E-state index is -0.665. The first kappa shape index (κ1) is 33.0. The first-order chi connectivity index (χ1) is 20.7. The van der Waals surface area contributed by atoms with Crippen molar-refractivity contribution in [3.63, 3.8) is 0 Å². The molecule has 0 radical (unpaired) electrons. The third kappa shape index (κ3) is 7.08. The summed E-state index contributed by atoms with van der Waals surface area (Å²) in [4.78, 5) is 30.7. The minimum Gasteiger partial charge on any atom is -0.493 e. The highest BCUT2D eigenvalue weighted by atomic mass is 16.6. The highest BCUT2D eigenvalue weighted by Gasteiger charge is 2.31. The largest absolute Gasteiger partial charge is 0.493 e. The van der Waals surface area contributed by atoms with Crippen LogP contribution in [-0.4, -0.2) is 72.8 Å². The maximum absolute atomic E-state index is 13.8. The summed E-state index contributed by atoms with van der Waals surface area (Å²) in [5.41, 5.74) is 3.37. The normalized spacial score (nSPS) is 14.5. The molecule has 0 saturated carbocycles. The van der Waals surface area contributed by atoms with Crippen molar-refractivity contribution in [2.45, 2.75) is 91.9 Å². The molecule has 44 heavy (non-hydrogen) atoms. The molecule has 9 heteroatoms. The Kier molecular flexibility index (Phi) is 9.76. The van der Waals surface area contributed by atoms with E-state index in [1.807, 2.05) is 70.7 Å². The standard InChI is InChI=1S/C35H49N3O6/c1-11-26-27-22-25(37(12-2)24-17-19-36(20-18-24)32(39)43-34(3,4)5)14-15-28(27)38(33(40)44-35(6,7)8)31(26)23-13-16-29(41-9)30(21-23)42-10/h13-16,21-22,24H,11-12,17-20H2,1-10H3. The number of piperidine rings is 1. The lowest BCUT2D eigenvalue weighted by Gasteiger charge is -2.39. The summed E-state index contributed by atoms with van der Waals surface area (Å²) in [6, 6.07) is 12.3. The first-order valence-corrected chi connectivity index (χ1v) is 15.6. The fourth-order valence-corrected chi connectivity index (χ4v) is 6.00. The maximum Gasteiger partial charge on any atom is 0.419 e. The van der Waals surface area contributed by atoms with Crippen molar-refractivity contribution in [3.05, 3.63) is 42.0 Å². The van der Waals surface area contributed by atoms with E-state index < -0.39 is 17.3 Å². The number of likely N-dealkylation sites (tertiary alicyclic amines) is 1. The number of hydrogen-bond donors (Lipinski definition) is 0. The molecule has 240 valence electrons. The Morgan fingerprint density at radius 3 is 2.00 bits per heavy atom. The van der Waals surface area contributed by atoms with Crippen molar-refractivity contribution in [3.8, 4) is 22.8 Å². The molecule has 4 rings (SSSR count). The van der Waals surface area contributed by atoms with Gasteiger partial charge in [0, 0.05) is 42.3 Å². The summed E-state index contributed by atoms with van der Waals surface area (Å²) < 4.78 is 24.3. The second kappa shape index (κ2) is 13.0. The smallest absolute Gasteiger partial charge is 0.419 e. The van der Waals surface area contributed by atoms with E-state index in [1.165, 1.54) is 0 Å². The molecule has 1 aliphatic heterocycles. The van der Waals surface area contributed by atoms with Crippen molar-refractivity contribution in [2.75, 3.05) is 38.8 Å². The number of anilines is 1. The second-order valence-corrected chi connectivity index (χ2v) is 13.3. The van der Waals surface area contributed by atoms with Gasteiger partial charge < -0.3 is 28.7 Å². The monoisotopic (exact) mass is 607 g/mol. The number of methoxy groups -OCH3 is 2. The lowest BCUT2D eigenvalue weighted by molar-refractivity contribution is 0.0204. The van der Waals surface area contributed by atoms with Crippen LogP contribution in [0, 0.1) is 0 Å². The Morgan fingerprint density at radius 2 is 1.45 bits per heavy atom. The zero-order valence-corrected chi connectivity index (χ0v) is 28.1. The molecule has 0 N–H and O–H groups in total. The first-order valence-electron chi connectivity index (χ1n) is 15.6. The average molecular weight is 608 g/mol. The van der Waals surface area contributed by atoms with Crippen LogP contribution >= 0.6 is 0 Å². The molecule has 1 fully saturated rings. The second-order valence-electron chi connectivity index (χ2n) is 13.3. The fraction of sp³-hybridized carbons (Fsp3) is 0.543. The predicted molar refractivity (Wildman–Crippen MR) is 175 cm³/mol. The number of nitrogens with zero attached hydrogens (tertiary/aromatic N) is 3. The van der Waals surface area contributed by atoms with Crippen LogP contribution in [0.25, 0.3) is 22.2 Å². The van der Waals surface area contributed by atoms with Gasteiger partial charge in [-0.05, 0) is 110 Å². The molecule has 3 aromatic rings. The summed E-state index contributed by atoms with van der Waals surface area (Å²) in [6.45, 7) is 17.7. The quantitative estimate of drug-likeness (QED) is 0.270. The van der Waals surface area contributed by atoms with Gasteiger partial charge in [-0.3, -0.25) is 0 Å². The highest BCUT2D eigenvalue weighted by Crippen LogP contribution is 2.40. The number of aryl methyl sites for hydroxylation is 1. The number of fused-ring (bicyclic) bond motifs is 1. The van der Waals surface area contributed by atoms with E-state index in [-0.39, 0.29) is 12.1 Å². The minimum absolute atomic E-state index is 0.251. The number of carbonyl (C=O) groups excluding carboxylic acids is 2. The number of ether oxygens (including phenoxy) is 4. The zero-order chi connectivity index (χ0) is 32.4. The molecule has 0 bridgehead atoms. The third-order valence-electron chi connectivity index (χ3n) is 7.87. The number of aromatic nitrogens is 1. The zero-order valence-electron chi connectivity index (χ0n) is 28.1. The van der Waals surface area contributed by atoms with Crippen LogP contribution in [-0.2, 0) is 15.9 Å². The topological polar surface area (TPSA) is 82.5 Å². The molecular weight excluding hydrogens is 558 g/mol. The van der Waals surface area contributed by atoms with Gasteiger partial charge in [-0.25, -0.2) is 14.2 Å². The molecule has 0 unspecified atom stereocenters. The number of rotatable bonds is 7. The van der Waals surface area contributed by atoms with Crippen LogP contribution in [0.15, 0.2) is 36.4 Å². The number of hydrogen-bond acceptors (Lipinski definition) is 7. The Bertz CT molecular complexity index is 1490. The molecule has 1 aliphatic rings. The van der Waals surface area contributed by atoms with E-state index in [2.05, 4.69) is 30.9 Å². The molecule has 0 aliphatic carbocycles. The van der Waals surface area contributed by atoms with Gasteiger partial charge >= 0.3 is 12.2 Å². The van der Waals surface area contributed by atoms with Gasteiger partial charge in [-0.1, -0.05) is 6.92 Å². The van der Waals surface area contributed by atoms with Gasteiger partial charge in [0.15, 0.2) is 11.5 Å². The molecule has 2 heterocycles. The fourth-order valence-electron chi connectivity index (χ4n) is 6.00. The van der Waals surface area contributed by atoms with E-state index in [0.717, 1.165) is 52.8 Å². The maximum atomic E-state index is 13.8. The molecule has 1 amide bonds. The predicted octanol–water partition coefficient (Wildman–Crippen LogP) is 7.90. The molecule has 0 spiro atoms. The van der Waals surface area contributed by atoms with Crippen molar-refractivity contribution < 1.29 is 28.5 Å². The van der Waals surface area contributed by atoms with Gasteiger partial charge in [-0.2, -0.15) is 0 Å². The van der Waals surface area contributed by atoms with Gasteiger partial charge in [0.25, 0.3) is 0 Å². The van der Waals surface area contributed by atoms with Gasteiger partial charge in [-0.15, -0.1) is 0 Å². The van der Waals surface area contributed by atoms with Gasteiger partial charge in [0.2, 0.25) is 0 Å². The van der Waals surface area contributed by atoms with Crippen LogP contribution in [0.4, 0.5) is 15.3 Å². The van der Waals surface area contributed by atoms with Crippen LogP contribution < -0.4 is 14.4 Å². The van der Waals surface area contributed by atoms with E-state index in [1.54, 1.807) is 18.8 Å². The van der Waals surface area contributed by atoms with E-state index in [0.29, 0.717) is 31.0 Å². The number of amides is 1. The molecule has 0 atom stereocenters. The lowest BCUT2D eigenvalue weighted by atomic mass is 10.0. The van der Waals surface area contributed by atoms with E-state index in [9.17, 15) is 9.59 Å². The number of carbonyl (C=O) groups is 2. The van der Waals surface area contributed by atoms with E-state index >= 15 is 0 Å². The highest BCUT2D eigenvalue weighted by molar-refractivity contribution is 6.01. The molecule has 2 aromatic carbocycles. The van der Waals surface area contributed by atoms with Crippen LogP contribution in [0.1, 0.15) is 73.8 Å². The molecule has 1 aromatic heterocycles.